The van der Waals surface area contributed by atoms with Gasteiger partial charge < -0.3 is 9.73 Å². The molecule has 0 amide bonds. The van der Waals surface area contributed by atoms with Crippen LogP contribution in [0.25, 0.3) is 11.0 Å². The highest BCUT2D eigenvalue weighted by Crippen LogP contribution is 2.27. The van der Waals surface area contributed by atoms with Gasteiger partial charge in [0.05, 0.1) is 0 Å². The fraction of sp³-hybridized carbons (Fsp3) is 0.222. The molecule has 0 unspecified atom stereocenters. The van der Waals surface area contributed by atoms with E-state index in [1.807, 2.05) is 12.1 Å². The van der Waals surface area contributed by atoms with E-state index in [0.717, 1.165) is 34.5 Å². The fourth-order valence-corrected chi connectivity index (χ4v) is 3.27. The molecule has 1 N–H and O–H groups in total. The summed E-state index contributed by atoms with van der Waals surface area (Å²) in [6.07, 6.45) is 0.906. The Morgan fingerprint density at radius 2 is 1.95 bits per heavy atom. The molecule has 0 bridgehead atoms. The van der Waals surface area contributed by atoms with Gasteiger partial charge in [-0.2, -0.15) is 0 Å². The van der Waals surface area contributed by atoms with Crippen molar-refractivity contribution < 1.29 is 4.42 Å². The van der Waals surface area contributed by atoms with Gasteiger partial charge in [0.2, 0.25) is 0 Å². The molecule has 0 aliphatic heterocycles. The van der Waals surface area contributed by atoms with Gasteiger partial charge in [0, 0.05) is 34.1 Å². The summed E-state index contributed by atoms with van der Waals surface area (Å²) in [5, 5.41) is 4.71. The first-order valence-electron chi connectivity index (χ1n) is 7.17. The predicted molar refractivity (Wildman–Crippen MR) is 91.8 cm³/mol. The second-order valence-electron chi connectivity index (χ2n) is 5.22. The van der Waals surface area contributed by atoms with Crippen LogP contribution in [0, 0.1) is 6.92 Å². The normalized spacial score (nSPS) is 11.0. The Kier molecular flexibility index (Phi) is 4.02. The molecule has 0 radical (unpaired) electrons. The van der Waals surface area contributed by atoms with Crippen LogP contribution in [0.5, 0.6) is 0 Å². The number of hydrogen-bond acceptors (Lipinski definition) is 2. The number of furan rings is 1. The van der Waals surface area contributed by atoms with E-state index in [4.69, 9.17) is 4.42 Å². The summed E-state index contributed by atoms with van der Waals surface area (Å²) in [5.41, 5.74) is 4.58. The molecule has 0 aliphatic carbocycles. The van der Waals surface area contributed by atoms with Gasteiger partial charge in [-0.25, -0.2) is 0 Å². The van der Waals surface area contributed by atoms with E-state index in [1.54, 1.807) is 0 Å². The van der Waals surface area contributed by atoms with Gasteiger partial charge in [-0.3, -0.25) is 0 Å². The molecule has 1 aromatic heterocycles. The highest BCUT2D eigenvalue weighted by molar-refractivity contribution is 9.10. The van der Waals surface area contributed by atoms with Crippen molar-refractivity contribution in [2.45, 2.75) is 26.8 Å². The molecule has 2 nitrogen and oxygen atoms in total. The first kappa shape index (κ1) is 14.2. The van der Waals surface area contributed by atoms with Crippen LogP contribution in [0.4, 0.5) is 5.69 Å². The molecule has 1 heterocycles. The minimum Gasteiger partial charge on any atom is -0.461 e. The number of halogens is 1. The van der Waals surface area contributed by atoms with Crippen LogP contribution >= 0.6 is 15.9 Å². The summed E-state index contributed by atoms with van der Waals surface area (Å²) in [6, 6.07) is 14.6. The maximum atomic E-state index is 5.93. The summed E-state index contributed by atoms with van der Waals surface area (Å²) >= 11 is 3.54. The van der Waals surface area contributed by atoms with Gasteiger partial charge in [-0.1, -0.05) is 41.1 Å². The van der Waals surface area contributed by atoms with Gasteiger partial charge >= 0.3 is 0 Å². The second-order valence-corrected chi connectivity index (χ2v) is 6.14. The topological polar surface area (TPSA) is 25.2 Å². The molecule has 0 saturated heterocycles. The van der Waals surface area contributed by atoms with Crippen molar-refractivity contribution in [1.29, 1.82) is 0 Å². The van der Waals surface area contributed by atoms with E-state index in [1.165, 1.54) is 16.5 Å². The van der Waals surface area contributed by atoms with Gasteiger partial charge in [-0.05, 0) is 36.8 Å². The number of fused-ring (bicyclic) bond motifs is 1. The van der Waals surface area contributed by atoms with Crippen molar-refractivity contribution in [3.63, 3.8) is 0 Å². The average molecular weight is 344 g/mol. The van der Waals surface area contributed by atoms with Crippen molar-refractivity contribution in [3.8, 4) is 0 Å². The number of rotatable bonds is 4. The van der Waals surface area contributed by atoms with Crippen LogP contribution < -0.4 is 5.32 Å². The number of aryl methyl sites for hydroxylation is 2. The van der Waals surface area contributed by atoms with E-state index >= 15 is 0 Å². The lowest BCUT2D eigenvalue weighted by atomic mass is 10.1. The number of anilines is 1. The molecule has 2 aromatic carbocycles. The van der Waals surface area contributed by atoms with E-state index in [9.17, 15) is 0 Å². The zero-order valence-corrected chi connectivity index (χ0v) is 13.8. The molecule has 3 aromatic rings. The Morgan fingerprint density at radius 3 is 2.71 bits per heavy atom. The number of hydrogen-bond donors (Lipinski definition) is 1. The summed E-state index contributed by atoms with van der Waals surface area (Å²) < 4.78 is 7.03. The summed E-state index contributed by atoms with van der Waals surface area (Å²) in [6.45, 7) is 5.00. The van der Waals surface area contributed by atoms with Crippen LogP contribution in [0.15, 0.2) is 51.4 Å². The monoisotopic (exact) mass is 343 g/mol. The molecule has 108 valence electrons. The molecule has 0 spiro atoms. The highest BCUT2D eigenvalue weighted by Gasteiger charge is 2.12. The number of benzene rings is 2. The van der Waals surface area contributed by atoms with E-state index in [-0.39, 0.29) is 0 Å². The van der Waals surface area contributed by atoms with Crippen LogP contribution in [-0.4, -0.2) is 0 Å². The zero-order valence-electron chi connectivity index (χ0n) is 12.2. The second kappa shape index (κ2) is 5.94. The van der Waals surface area contributed by atoms with Crippen molar-refractivity contribution >= 4 is 32.6 Å². The Labute approximate surface area is 133 Å². The molecular formula is C18H18BrNO. The SMILES string of the molecule is CCc1oc2ccccc2c1CNc1cc(C)cc(Br)c1. The van der Waals surface area contributed by atoms with E-state index in [2.05, 4.69) is 65.4 Å². The van der Waals surface area contributed by atoms with E-state index in [0.29, 0.717) is 0 Å². The largest absolute Gasteiger partial charge is 0.461 e. The molecule has 0 fully saturated rings. The van der Waals surface area contributed by atoms with Crippen molar-refractivity contribution in [2.24, 2.45) is 0 Å². The average Bonchev–Trinajstić information content (AvgIpc) is 2.82. The van der Waals surface area contributed by atoms with E-state index < -0.39 is 0 Å². The molecule has 21 heavy (non-hydrogen) atoms. The lowest BCUT2D eigenvalue weighted by Crippen LogP contribution is -2.01. The first-order chi connectivity index (χ1) is 10.2. The zero-order chi connectivity index (χ0) is 14.8. The molecular weight excluding hydrogens is 326 g/mol. The highest BCUT2D eigenvalue weighted by atomic mass is 79.9. The maximum Gasteiger partial charge on any atom is 0.134 e. The Morgan fingerprint density at radius 1 is 1.14 bits per heavy atom. The van der Waals surface area contributed by atoms with Gasteiger partial charge in [0.25, 0.3) is 0 Å². The first-order valence-corrected chi connectivity index (χ1v) is 7.97. The molecule has 0 atom stereocenters. The smallest absolute Gasteiger partial charge is 0.134 e. The van der Waals surface area contributed by atoms with Gasteiger partial charge in [-0.15, -0.1) is 0 Å². The molecule has 3 rings (SSSR count). The van der Waals surface area contributed by atoms with Gasteiger partial charge in [0.15, 0.2) is 0 Å². The minimum absolute atomic E-state index is 0.774. The molecule has 0 aliphatic rings. The van der Waals surface area contributed by atoms with Crippen LogP contribution in [0.3, 0.4) is 0 Å². The van der Waals surface area contributed by atoms with Crippen molar-refractivity contribution in [3.05, 3.63) is 63.8 Å². The summed E-state index contributed by atoms with van der Waals surface area (Å²) in [7, 11) is 0. The van der Waals surface area contributed by atoms with Crippen molar-refractivity contribution in [1.82, 2.24) is 0 Å². The quantitative estimate of drug-likeness (QED) is 0.659. The number of nitrogens with one attached hydrogen (secondary N) is 1. The maximum absolute atomic E-state index is 5.93. The molecule has 3 heteroatoms. The Balaban J connectivity index is 1.90. The fourth-order valence-electron chi connectivity index (χ4n) is 2.66. The number of para-hydroxylation sites is 1. The summed E-state index contributed by atoms with van der Waals surface area (Å²) in [4.78, 5) is 0. The van der Waals surface area contributed by atoms with Crippen LogP contribution in [-0.2, 0) is 13.0 Å². The predicted octanol–water partition coefficient (Wildman–Crippen LogP) is 5.68. The molecule has 0 saturated carbocycles. The van der Waals surface area contributed by atoms with Crippen LogP contribution in [0.2, 0.25) is 0 Å². The van der Waals surface area contributed by atoms with Crippen molar-refractivity contribution in [2.75, 3.05) is 5.32 Å². The lowest BCUT2D eigenvalue weighted by Gasteiger charge is -2.08. The lowest BCUT2D eigenvalue weighted by molar-refractivity contribution is 0.551. The Hall–Kier alpha value is -1.74. The van der Waals surface area contributed by atoms with Gasteiger partial charge in [0.1, 0.15) is 11.3 Å². The Bertz CT molecular complexity index is 756. The third-order valence-electron chi connectivity index (χ3n) is 3.61. The summed E-state index contributed by atoms with van der Waals surface area (Å²) in [5.74, 6) is 1.07. The minimum atomic E-state index is 0.774. The standard InChI is InChI=1S/C18H18BrNO/c1-3-17-16(15-6-4-5-7-18(15)21-17)11-20-14-9-12(2)8-13(19)10-14/h4-10,20H,3,11H2,1-2H3. The third kappa shape index (κ3) is 2.98. The van der Waals surface area contributed by atoms with Crippen LogP contribution in [0.1, 0.15) is 23.8 Å². The third-order valence-corrected chi connectivity index (χ3v) is 4.07.